The van der Waals surface area contributed by atoms with Gasteiger partial charge in [-0.1, -0.05) is 28.1 Å². The molecule has 0 aliphatic carbocycles. The Kier molecular flexibility index (Phi) is 5.25. The topological polar surface area (TPSA) is 64.3 Å². The molecule has 4 nitrogen and oxygen atoms in total. The van der Waals surface area contributed by atoms with Gasteiger partial charge in [-0.15, -0.1) is 0 Å². The molecule has 0 aliphatic heterocycles. The second-order valence-corrected chi connectivity index (χ2v) is 6.19. The third kappa shape index (κ3) is 4.22. The van der Waals surface area contributed by atoms with Gasteiger partial charge in [-0.3, -0.25) is 4.79 Å². The molecule has 0 aliphatic rings. The zero-order chi connectivity index (χ0) is 15.4. The van der Waals surface area contributed by atoms with E-state index in [0.717, 1.165) is 20.3 Å². The van der Waals surface area contributed by atoms with Gasteiger partial charge in [0.2, 0.25) is 5.91 Å². The zero-order valence-electron chi connectivity index (χ0n) is 11.3. The van der Waals surface area contributed by atoms with Gasteiger partial charge < -0.3 is 15.8 Å². The molecule has 0 unspecified atom stereocenters. The molecule has 110 valence electrons. The summed E-state index contributed by atoms with van der Waals surface area (Å²) in [7, 11) is 1.61. The number of halogens is 2. The lowest BCUT2D eigenvalue weighted by Crippen LogP contribution is -2.16. The van der Waals surface area contributed by atoms with Crippen LogP contribution in [0, 0.1) is 0 Å². The number of nitrogen functional groups attached to an aromatic ring is 1. The van der Waals surface area contributed by atoms with Crippen molar-refractivity contribution in [2.75, 3.05) is 18.2 Å². The van der Waals surface area contributed by atoms with Crippen molar-refractivity contribution in [2.24, 2.45) is 0 Å². The van der Waals surface area contributed by atoms with E-state index in [9.17, 15) is 4.79 Å². The van der Waals surface area contributed by atoms with Crippen LogP contribution in [0.1, 0.15) is 5.56 Å². The van der Waals surface area contributed by atoms with Crippen LogP contribution in [-0.2, 0) is 11.2 Å². The molecule has 0 aromatic heterocycles. The summed E-state index contributed by atoms with van der Waals surface area (Å²) in [5.41, 5.74) is 7.89. The highest BCUT2D eigenvalue weighted by molar-refractivity contribution is 9.11. The maximum Gasteiger partial charge on any atom is 0.228 e. The number of carbonyl (C=O) groups excluding carboxylic acids is 1. The summed E-state index contributed by atoms with van der Waals surface area (Å²) >= 11 is 6.74. The Morgan fingerprint density at radius 1 is 1.24 bits per heavy atom. The quantitative estimate of drug-likeness (QED) is 0.745. The molecule has 2 rings (SSSR count). The molecule has 0 saturated carbocycles. The fourth-order valence-corrected chi connectivity index (χ4v) is 3.20. The number of nitrogens with two attached hydrogens (primary N) is 1. The Morgan fingerprint density at radius 2 is 1.90 bits per heavy atom. The smallest absolute Gasteiger partial charge is 0.228 e. The lowest BCUT2D eigenvalue weighted by molar-refractivity contribution is -0.115. The lowest BCUT2D eigenvalue weighted by atomic mass is 10.1. The van der Waals surface area contributed by atoms with Crippen molar-refractivity contribution < 1.29 is 9.53 Å². The Balaban J connectivity index is 2.08. The molecule has 0 heterocycles. The van der Waals surface area contributed by atoms with Crippen LogP contribution in [0.15, 0.2) is 45.3 Å². The number of amides is 1. The fourth-order valence-electron chi connectivity index (χ4n) is 1.84. The van der Waals surface area contributed by atoms with E-state index < -0.39 is 0 Å². The van der Waals surface area contributed by atoms with Crippen molar-refractivity contribution in [1.29, 1.82) is 0 Å². The monoisotopic (exact) mass is 412 g/mol. The minimum absolute atomic E-state index is 0.130. The first-order chi connectivity index (χ1) is 9.99. The second kappa shape index (κ2) is 6.95. The summed E-state index contributed by atoms with van der Waals surface area (Å²) in [6.45, 7) is 0. The summed E-state index contributed by atoms with van der Waals surface area (Å²) in [5.74, 6) is 0.633. The highest BCUT2D eigenvalue weighted by Crippen LogP contribution is 2.32. The third-order valence-corrected chi connectivity index (χ3v) is 3.96. The first-order valence-electron chi connectivity index (χ1n) is 6.17. The van der Waals surface area contributed by atoms with Gasteiger partial charge in [-0.2, -0.15) is 0 Å². The summed E-state index contributed by atoms with van der Waals surface area (Å²) in [5, 5.41) is 2.82. The van der Waals surface area contributed by atoms with E-state index in [1.807, 2.05) is 30.3 Å². The number of carbonyl (C=O) groups is 1. The van der Waals surface area contributed by atoms with E-state index in [-0.39, 0.29) is 12.3 Å². The Bertz CT molecular complexity index is 634. The number of benzene rings is 2. The molecule has 1 amide bonds. The van der Waals surface area contributed by atoms with E-state index >= 15 is 0 Å². The van der Waals surface area contributed by atoms with Crippen LogP contribution >= 0.6 is 31.9 Å². The van der Waals surface area contributed by atoms with Crippen LogP contribution in [0.3, 0.4) is 0 Å². The molecule has 21 heavy (non-hydrogen) atoms. The Labute approximate surface area is 139 Å². The van der Waals surface area contributed by atoms with Gasteiger partial charge in [0.15, 0.2) is 0 Å². The molecule has 0 atom stereocenters. The SMILES string of the molecule is COc1ccc(CC(=O)Nc2c(N)cc(Br)cc2Br)cc1. The van der Waals surface area contributed by atoms with Gasteiger partial charge in [-0.05, 0) is 45.8 Å². The second-order valence-electron chi connectivity index (χ2n) is 4.42. The van der Waals surface area contributed by atoms with Crippen molar-refractivity contribution >= 4 is 49.1 Å². The summed E-state index contributed by atoms with van der Waals surface area (Å²) in [6.07, 6.45) is 0.270. The van der Waals surface area contributed by atoms with Gasteiger partial charge in [-0.25, -0.2) is 0 Å². The Morgan fingerprint density at radius 3 is 2.48 bits per heavy atom. The van der Waals surface area contributed by atoms with Gasteiger partial charge in [0.1, 0.15) is 5.75 Å². The summed E-state index contributed by atoms with van der Waals surface area (Å²) in [4.78, 5) is 12.1. The molecular weight excluding hydrogens is 400 g/mol. The first-order valence-corrected chi connectivity index (χ1v) is 7.75. The van der Waals surface area contributed by atoms with E-state index in [2.05, 4.69) is 37.2 Å². The number of ether oxygens (including phenoxy) is 1. The molecule has 2 aromatic carbocycles. The number of hydrogen-bond donors (Lipinski definition) is 2. The highest BCUT2D eigenvalue weighted by Gasteiger charge is 2.11. The predicted molar refractivity (Wildman–Crippen MR) is 91.6 cm³/mol. The van der Waals surface area contributed by atoms with Gasteiger partial charge in [0.05, 0.1) is 24.9 Å². The molecule has 0 saturated heterocycles. The van der Waals surface area contributed by atoms with Crippen LogP contribution in [0.2, 0.25) is 0 Å². The fraction of sp³-hybridized carbons (Fsp3) is 0.133. The maximum absolute atomic E-state index is 12.1. The summed E-state index contributed by atoms with van der Waals surface area (Å²) in [6, 6.07) is 10.9. The molecule has 6 heteroatoms. The van der Waals surface area contributed by atoms with Crippen molar-refractivity contribution in [2.45, 2.75) is 6.42 Å². The molecule has 0 fully saturated rings. The molecular formula is C15H14Br2N2O2. The van der Waals surface area contributed by atoms with E-state index in [0.29, 0.717) is 11.4 Å². The average molecular weight is 414 g/mol. The van der Waals surface area contributed by atoms with Gasteiger partial charge >= 0.3 is 0 Å². The number of rotatable bonds is 4. The first kappa shape index (κ1) is 15.9. The van der Waals surface area contributed by atoms with Crippen molar-refractivity contribution in [1.82, 2.24) is 0 Å². The number of nitrogens with one attached hydrogen (secondary N) is 1. The van der Waals surface area contributed by atoms with E-state index in [4.69, 9.17) is 10.5 Å². The minimum Gasteiger partial charge on any atom is -0.497 e. The maximum atomic E-state index is 12.1. The predicted octanol–water partition coefficient (Wildman–Crippen LogP) is 3.98. The third-order valence-electron chi connectivity index (χ3n) is 2.87. The Hall–Kier alpha value is -1.53. The van der Waals surface area contributed by atoms with Crippen LogP contribution in [0.5, 0.6) is 5.75 Å². The van der Waals surface area contributed by atoms with Crippen LogP contribution in [0.4, 0.5) is 11.4 Å². The van der Waals surface area contributed by atoms with Gasteiger partial charge in [0, 0.05) is 8.95 Å². The average Bonchev–Trinajstić information content (AvgIpc) is 2.43. The molecule has 3 N–H and O–H groups in total. The highest BCUT2D eigenvalue weighted by atomic mass is 79.9. The van der Waals surface area contributed by atoms with E-state index in [1.165, 1.54) is 0 Å². The van der Waals surface area contributed by atoms with E-state index in [1.54, 1.807) is 13.2 Å². The largest absolute Gasteiger partial charge is 0.497 e. The standard InChI is InChI=1S/C15H14Br2N2O2/c1-21-11-4-2-9(3-5-11)6-14(20)19-15-12(17)7-10(16)8-13(15)18/h2-5,7-8H,6,18H2,1H3,(H,19,20). The molecule has 2 aromatic rings. The van der Waals surface area contributed by atoms with Crippen LogP contribution in [-0.4, -0.2) is 13.0 Å². The van der Waals surface area contributed by atoms with Crippen molar-refractivity contribution in [3.05, 3.63) is 50.9 Å². The zero-order valence-corrected chi connectivity index (χ0v) is 14.5. The van der Waals surface area contributed by atoms with Crippen molar-refractivity contribution in [3.8, 4) is 5.75 Å². The lowest BCUT2D eigenvalue weighted by Gasteiger charge is -2.11. The minimum atomic E-state index is -0.130. The van der Waals surface area contributed by atoms with Gasteiger partial charge in [0.25, 0.3) is 0 Å². The van der Waals surface area contributed by atoms with Crippen LogP contribution < -0.4 is 15.8 Å². The summed E-state index contributed by atoms with van der Waals surface area (Å²) < 4.78 is 6.67. The number of hydrogen-bond acceptors (Lipinski definition) is 3. The molecule has 0 bridgehead atoms. The number of methoxy groups -OCH3 is 1. The van der Waals surface area contributed by atoms with Crippen LogP contribution in [0.25, 0.3) is 0 Å². The normalized spacial score (nSPS) is 10.2. The molecule has 0 spiro atoms. The number of anilines is 2. The molecule has 0 radical (unpaired) electrons. The van der Waals surface area contributed by atoms with Crippen molar-refractivity contribution in [3.63, 3.8) is 0 Å².